The van der Waals surface area contributed by atoms with Gasteiger partial charge in [-0.3, -0.25) is 9.82 Å². The molecule has 1 aromatic heterocycles. The van der Waals surface area contributed by atoms with E-state index in [0.29, 0.717) is 11.4 Å². The number of anilines is 1. The molecule has 0 saturated heterocycles. The van der Waals surface area contributed by atoms with E-state index < -0.39 is 16.0 Å². The molecule has 0 bridgehead atoms. The number of methoxy groups -OCH3 is 1. The Kier molecular flexibility index (Phi) is 4.23. The highest BCUT2D eigenvalue weighted by atomic mass is 32.2. The number of ether oxygens (including phenoxy) is 1. The van der Waals surface area contributed by atoms with Gasteiger partial charge < -0.3 is 4.74 Å². The second-order valence-corrected chi connectivity index (χ2v) is 6.52. The molecule has 0 atom stereocenters. The Balaban J connectivity index is 2.43. The first kappa shape index (κ1) is 16.0. The summed E-state index contributed by atoms with van der Waals surface area (Å²) in [6.07, 6.45) is 0. The fourth-order valence-electron chi connectivity index (χ4n) is 1.95. The highest BCUT2D eigenvalue weighted by molar-refractivity contribution is 7.92. The number of nitrogens with zero attached hydrogens (tertiary/aromatic N) is 1. The van der Waals surface area contributed by atoms with Gasteiger partial charge in [0.25, 0.3) is 10.0 Å². The predicted molar refractivity (Wildman–Crippen MR) is 81.4 cm³/mol. The largest absolute Gasteiger partial charge is 0.465 e. The SMILES string of the molecule is COC(=O)c1c(S(=O)(=O)Nc2ccc(C)c(C)c2)n[nH]c1C. The molecule has 0 amide bonds. The molecule has 0 unspecified atom stereocenters. The number of H-pyrrole nitrogens is 1. The number of carbonyl (C=O) groups is 1. The fraction of sp³-hybridized carbons (Fsp3) is 0.286. The van der Waals surface area contributed by atoms with Crippen LogP contribution in [0.3, 0.4) is 0 Å². The van der Waals surface area contributed by atoms with Crippen LogP contribution < -0.4 is 4.72 Å². The van der Waals surface area contributed by atoms with Crippen molar-refractivity contribution in [1.29, 1.82) is 0 Å². The zero-order valence-electron chi connectivity index (χ0n) is 12.7. The smallest absolute Gasteiger partial charge is 0.342 e. The zero-order valence-corrected chi connectivity index (χ0v) is 13.5. The van der Waals surface area contributed by atoms with Gasteiger partial charge >= 0.3 is 5.97 Å². The lowest BCUT2D eigenvalue weighted by molar-refractivity contribution is 0.0595. The Morgan fingerprint density at radius 1 is 1.23 bits per heavy atom. The van der Waals surface area contributed by atoms with Gasteiger partial charge in [-0.15, -0.1) is 0 Å². The lowest BCUT2D eigenvalue weighted by Gasteiger charge is -2.09. The maximum Gasteiger partial charge on any atom is 0.342 e. The van der Waals surface area contributed by atoms with Crippen molar-refractivity contribution < 1.29 is 17.9 Å². The molecule has 2 aromatic rings. The van der Waals surface area contributed by atoms with Crippen molar-refractivity contribution in [3.8, 4) is 0 Å². The second kappa shape index (κ2) is 5.80. The summed E-state index contributed by atoms with van der Waals surface area (Å²) in [5, 5.41) is 5.83. The number of esters is 1. The molecule has 2 rings (SSSR count). The van der Waals surface area contributed by atoms with E-state index >= 15 is 0 Å². The van der Waals surface area contributed by atoms with Gasteiger partial charge in [0.05, 0.1) is 7.11 Å². The summed E-state index contributed by atoms with van der Waals surface area (Å²) >= 11 is 0. The first-order chi connectivity index (χ1) is 10.3. The Morgan fingerprint density at radius 3 is 2.50 bits per heavy atom. The van der Waals surface area contributed by atoms with Crippen molar-refractivity contribution in [2.75, 3.05) is 11.8 Å². The summed E-state index contributed by atoms with van der Waals surface area (Å²) in [5.41, 5.74) is 2.63. The van der Waals surface area contributed by atoms with E-state index in [-0.39, 0.29) is 10.6 Å². The summed E-state index contributed by atoms with van der Waals surface area (Å²) in [7, 11) is -2.82. The summed E-state index contributed by atoms with van der Waals surface area (Å²) in [6.45, 7) is 5.36. The number of hydrogen-bond acceptors (Lipinski definition) is 5. The van der Waals surface area contributed by atoms with Gasteiger partial charge in [0, 0.05) is 11.4 Å². The van der Waals surface area contributed by atoms with Crippen molar-refractivity contribution in [2.24, 2.45) is 0 Å². The minimum atomic E-state index is -4.00. The molecule has 2 N–H and O–H groups in total. The first-order valence-corrected chi connectivity index (χ1v) is 7.98. The topological polar surface area (TPSA) is 101 Å². The van der Waals surface area contributed by atoms with Crippen LogP contribution in [0, 0.1) is 20.8 Å². The van der Waals surface area contributed by atoms with Crippen LogP contribution in [-0.2, 0) is 14.8 Å². The Hall–Kier alpha value is -2.35. The van der Waals surface area contributed by atoms with Crippen LogP contribution in [0.4, 0.5) is 5.69 Å². The minimum absolute atomic E-state index is 0.0983. The number of aromatic nitrogens is 2. The number of rotatable bonds is 4. The quantitative estimate of drug-likeness (QED) is 0.837. The van der Waals surface area contributed by atoms with Gasteiger partial charge in [-0.2, -0.15) is 13.5 Å². The monoisotopic (exact) mass is 323 g/mol. The van der Waals surface area contributed by atoms with Gasteiger partial charge in [-0.25, -0.2) is 4.79 Å². The molecule has 22 heavy (non-hydrogen) atoms. The molecule has 8 heteroatoms. The van der Waals surface area contributed by atoms with Crippen LogP contribution in [0.5, 0.6) is 0 Å². The molecule has 0 aliphatic carbocycles. The average molecular weight is 323 g/mol. The lowest BCUT2D eigenvalue weighted by atomic mass is 10.1. The number of aryl methyl sites for hydroxylation is 3. The van der Waals surface area contributed by atoms with E-state index in [2.05, 4.69) is 19.7 Å². The first-order valence-electron chi connectivity index (χ1n) is 6.49. The molecule has 0 aliphatic rings. The van der Waals surface area contributed by atoms with Crippen molar-refractivity contribution >= 4 is 21.7 Å². The molecule has 0 aliphatic heterocycles. The molecule has 1 aromatic carbocycles. The maximum atomic E-state index is 12.5. The number of sulfonamides is 1. The summed E-state index contributed by atoms with van der Waals surface area (Å²) in [6, 6.07) is 5.17. The number of carbonyl (C=O) groups excluding carboxylic acids is 1. The van der Waals surface area contributed by atoms with Gasteiger partial charge in [0.1, 0.15) is 5.56 Å². The summed E-state index contributed by atoms with van der Waals surface area (Å²) < 4.78 is 31.9. The predicted octanol–water partition coefficient (Wildman–Crippen LogP) is 1.92. The third-order valence-electron chi connectivity index (χ3n) is 3.32. The van der Waals surface area contributed by atoms with Crippen LogP contribution >= 0.6 is 0 Å². The lowest BCUT2D eigenvalue weighted by Crippen LogP contribution is -2.17. The summed E-state index contributed by atoms with van der Waals surface area (Å²) in [5.74, 6) is -0.758. The standard InChI is InChI=1S/C14H17N3O4S/c1-8-5-6-11(7-9(8)2)17-22(19,20)13-12(14(18)21-4)10(3)15-16-13/h5-7,17H,1-4H3,(H,15,16). The summed E-state index contributed by atoms with van der Waals surface area (Å²) in [4.78, 5) is 11.7. The van der Waals surface area contributed by atoms with E-state index in [1.165, 1.54) is 7.11 Å². The van der Waals surface area contributed by atoms with Crippen LogP contribution in [0.15, 0.2) is 23.2 Å². The Labute approximate surface area is 128 Å². The molecular weight excluding hydrogens is 306 g/mol. The van der Waals surface area contributed by atoms with E-state index in [9.17, 15) is 13.2 Å². The van der Waals surface area contributed by atoms with Gasteiger partial charge in [0.2, 0.25) is 5.03 Å². The highest BCUT2D eigenvalue weighted by Crippen LogP contribution is 2.22. The van der Waals surface area contributed by atoms with Crippen LogP contribution in [0.1, 0.15) is 27.2 Å². The molecule has 0 spiro atoms. The zero-order chi connectivity index (χ0) is 16.5. The second-order valence-electron chi connectivity index (χ2n) is 4.92. The molecule has 7 nitrogen and oxygen atoms in total. The average Bonchev–Trinajstić information content (AvgIpc) is 2.84. The van der Waals surface area contributed by atoms with Crippen LogP contribution in [0.2, 0.25) is 0 Å². The van der Waals surface area contributed by atoms with Gasteiger partial charge in [-0.05, 0) is 44.0 Å². The number of hydrogen-bond donors (Lipinski definition) is 2. The molecule has 1 heterocycles. The highest BCUT2D eigenvalue weighted by Gasteiger charge is 2.28. The normalized spacial score (nSPS) is 11.3. The van der Waals surface area contributed by atoms with Crippen LogP contribution in [0.25, 0.3) is 0 Å². The number of benzene rings is 1. The third kappa shape index (κ3) is 2.96. The third-order valence-corrected chi connectivity index (χ3v) is 4.63. The number of aromatic amines is 1. The van der Waals surface area contributed by atoms with Gasteiger partial charge in [0.15, 0.2) is 0 Å². The maximum absolute atomic E-state index is 12.5. The molecule has 118 valence electrons. The molecule has 0 fully saturated rings. The molecular formula is C14H17N3O4S. The minimum Gasteiger partial charge on any atom is -0.465 e. The fourth-order valence-corrected chi connectivity index (χ4v) is 3.16. The van der Waals surface area contributed by atoms with E-state index in [0.717, 1.165) is 11.1 Å². The van der Waals surface area contributed by atoms with Crippen molar-refractivity contribution in [3.63, 3.8) is 0 Å². The number of nitrogens with one attached hydrogen (secondary N) is 2. The van der Waals surface area contributed by atoms with E-state index in [1.54, 1.807) is 19.1 Å². The molecule has 0 saturated carbocycles. The van der Waals surface area contributed by atoms with E-state index in [1.807, 2.05) is 19.9 Å². The van der Waals surface area contributed by atoms with E-state index in [4.69, 9.17) is 0 Å². The van der Waals surface area contributed by atoms with Crippen LogP contribution in [-0.4, -0.2) is 31.7 Å². The van der Waals surface area contributed by atoms with Crippen molar-refractivity contribution in [3.05, 3.63) is 40.6 Å². The Bertz CT molecular complexity index is 825. The Morgan fingerprint density at radius 2 is 1.91 bits per heavy atom. The van der Waals surface area contributed by atoms with Gasteiger partial charge in [-0.1, -0.05) is 6.07 Å². The van der Waals surface area contributed by atoms with Crippen molar-refractivity contribution in [1.82, 2.24) is 10.2 Å². The molecule has 0 radical (unpaired) electrons. The van der Waals surface area contributed by atoms with Crippen molar-refractivity contribution in [2.45, 2.75) is 25.8 Å².